The molecular weight excluding hydrogens is 310 g/mol. The number of nitrogens with zero attached hydrogens (tertiary/aromatic N) is 2. The molecule has 1 N–H and O–H groups in total. The Balaban J connectivity index is 2.62. The molecule has 0 bridgehead atoms. The van der Waals surface area contributed by atoms with Crippen molar-refractivity contribution in [3.63, 3.8) is 0 Å². The van der Waals surface area contributed by atoms with Crippen LogP contribution >= 0.6 is 15.9 Å². The predicted molar refractivity (Wildman–Crippen MR) is 63.2 cm³/mol. The van der Waals surface area contributed by atoms with Gasteiger partial charge in [-0.3, -0.25) is 4.68 Å². The molecule has 4 nitrogen and oxygen atoms in total. The van der Waals surface area contributed by atoms with Crippen LogP contribution in [0, 0.1) is 11.6 Å². The number of carboxylic acids is 1. The van der Waals surface area contributed by atoms with Gasteiger partial charge in [-0.05, 0) is 34.1 Å². The van der Waals surface area contributed by atoms with Crippen molar-refractivity contribution in [1.29, 1.82) is 0 Å². The first-order valence-corrected chi connectivity index (χ1v) is 5.62. The fourth-order valence-electron chi connectivity index (χ4n) is 1.55. The smallest absolute Gasteiger partial charge is 0.356 e. The lowest BCUT2D eigenvalue weighted by atomic mass is 10.1. The number of carbonyl (C=O) groups is 1. The van der Waals surface area contributed by atoms with E-state index in [0.29, 0.717) is 11.3 Å². The molecule has 0 spiro atoms. The van der Waals surface area contributed by atoms with Crippen molar-refractivity contribution < 1.29 is 18.7 Å². The molecule has 1 aromatic carbocycles. The summed E-state index contributed by atoms with van der Waals surface area (Å²) in [6.07, 6.45) is 0. The summed E-state index contributed by atoms with van der Waals surface area (Å²) in [5.41, 5.74) is 0.540. The molecule has 0 aliphatic carbocycles. The zero-order chi connectivity index (χ0) is 13.4. The Morgan fingerprint density at radius 3 is 2.67 bits per heavy atom. The highest BCUT2D eigenvalue weighted by Gasteiger charge is 2.18. The zero-order valence-corrected chi connectivity index (χ0v) is 10.7. The summed E-state index contributed by atoms with van der Waals surface area (Å²) in [5.74, 6) is -3.19. The maximum Gasteiger partial charge on any atom is 0.356 e. The standard InChI is InChI=1S/C11H7BrF2N2O2/c1-16-8(4-7(15-16)11(17)18)5-2-3-6(13)10(14)9(5)12/h2-4H,1H3,(H,17,18). The molecule has 7 heteroatoms. The molecule has 1 heterocycles. The van der Waals surface area contributed by atoms with E-state index in [0.717, 1.165) is 6.07 Å². The van der Waals surface area contributed by atoms with Gasteiger partial charge in [0.1, 0.15) is 0 Å². The molecule has 0 saturated heterocycles. The maximum atomic E-state index is 13.4. The van der Waals surface area contributed by atoms with Crippen molar-refractivity contribution in [3.8, 4) is 11.3 Å². The highest BCUT2D eigenvalue weighted by molar-refractivity contribution is 9.10. The van der Waals surface area contributed by atoms with Gasteiger partial charge in [0.2, 0.25) is 0 Å². The Labute approximate surface area is 109 Å². The van der Waals surface area contributed by atoms with E-state index < -0.39 is 17.6 Å². The number of aromatic carboxylic acids is 1. The second-order valence-corrected chi connectivity index (χ2v) is 4.36. The van der Waals surface area contributed by atoms with E-state index in [-0.39, 0.29) is 10.2 Å². The van der Waals surface area contributed by atoms with Crippen molar-refractivity contribution in [2.75, 3.05) is 0 Å². The molecule has 18 heavy (non-hydrogen) atoms. The molecule has 94 valence electrons. The molecule has 1 aromatic heterocycles. The average molecular weight is 317 g/mol. The number of carboxylic acid groups (broad SMARTS) is 1. The van der Waals surface area contributed by atoms with Crippen LogP contribution in [0.3, 0.4) is 0 Å². The SMILES string of the molecule is Cn1nc(C(=O)O)cc1-c1ccc(F)c(F)c1Br. The highest BCUT2D eigenvalue weighted by atomic mass is 79.9. The molecule has 2 aromatic rings. The number of halogens is 3. The largest absolute Gasteiger partial charge is 0.476 e. The van der Waals surface area contributed by atoms with Gasteiger partial charge >= 0.3 is 5.97 Å². The van der Waals surface area contributed by atoms with E-state index in [4.69, 9.17) is 5.11 Å². The molecular formula is C11H7BrF2N2O2. The Morgan fingerprint density at radius 1 is 1.44 bits per heavy atom. The summed E-state index contributed by atoms with van der Waals surface area (Å²) in [7, 11) is 1.52. The summed E-state index contributed by atoms with van der Waals surface area (Å²) in [5, 5.41) is 12.6. The topological polar surface area (TPSA) is 55.1 Å². The predicted octanol–water partition coefficient (Wildman–Crippen LogP) is 2.83. The van der Waals surface area contributed by atoms with Crippen LogP contribution in [0.25, 0.3) is 11.3 Å². The first kappa shape index (κ1) is 12.7. The molecule has 0 atom stereocenters. The number of aromatic nitrogens is 2. The van der Waals surface area contributed by atoms with Crippen LogP contribution in [-0.4, -0.2) is 20.9 Å². The van der Waals surface area contributed by atoms with Gasteiger partial charge in [-0.2, -0.15) is 5.10 Å². The summed E-state index contributed by atoms with van der Waals surface area (Å²) < 4.78 is 27.6. The summed E-state index contributed by atoms with van der Waals surface area (Å²) >= 11 is 2.94. The van der Waals surface area contributed by atoms with Crippen LogP contribution in [0.2, 0.25) is 0 Å². The first-order chi connectivity index (χ1) is 8.41. The third-order valence-electron chi connectivity index (χ3n) is 2.41. The Kier molecular flexibility index (Phi) is 3.16. The fraction of sp³-hybridized carbons (Fsp3) is 0.0909. The lowest BCUT2D eigenvalue weighted by molar-refractivity contribution is 0.0689. The van der Waals surface area contributed by atoms with E-state index in [2.05, 4.69) is 21.0 Å². The summed E-state index contributed by atoms with van der Waals surface area (Å²) in [6, 6.07) is 3.62. The highest BCUT2D eigenvalue weighted by Crippen LogP contribution is 2.31. The van der Waals surface area contributed by atoms with Crippen LogP contribution in [-0.2, 0) is 7.05 Å². The van der Waals surface area contributed by atoms with Gasteiger partial charge in [-0.25, -0.2) is 13.6 Å². The second-order valence-electron chi connectivity index (χ2n) is 3.57. The number of hydrogen-bond donors (Lipinski definition) is 1. The molecule has 2 rings (SSSR count). The maximum absolute atomic E-state index is 13.4. The van der Waals surface area contributed by atoms with Crippen molar-refractivity contribution in [2.45, 2.75) is 0 Å². The number of benzene rings is 1. The van der Waals surface area contributed by atoms with Gasteiger partial charge in [-0.15, -0.1) is 0 Å². The molecule has 0 aliphatic heterocycles. The van der Waals surface area contributed by atoms with Gasteiger partial charge in [0.05, 0.1) is 10.2 Å². The molecule has 0 fully saturated rings. The van der Waals surface area contributed by atoms with Crippen LogP contribution < -0.4 is 0 Å². The Bertz CT molecular complexity index is 640. The van der Waals surface area contributed by atoms with Gasteiger partial charge < -0.3 is 5.11 Å². The minimum atomic E-state index is -1.18. The third-order valence-corrected chi connectivity index (χ3v) is 3.19. The van der Waals surface area contributed by atoms with Gasteiger partial charge in [0.25, 0.3) is 0 Å². The van der Waals surface area contributed by atoms with Gasteiger partial charge in [0, 0.05) is 12.6 Å². The van der Waals surface area contributed by atoms with Crippen molar-refractivity contribution in [1.82, 2.24) is 9.78 Å². The first-order valence-electron chi connectivity index (χ1n) is 4.83. The minimum Gasteiger partial charge on any atom is -0.476 e. The zero-order valence-electron chi connectivity index (χ0n) is 9.12. The molecule has 0 amide bonds. The monoisotopic (exact) mass is 316 g/mol. The van der Waals surface area contributed by atoms with E-state index in [1.54, 1.807) is 0 Å². The summed E-state index contributed by atoms with van der Waals surface area (Å²) in [4.78, 5) is 10.8. The van der Waals surface area contributed by atoms with Crippen LogP contribution in [0.1, 0.15) is 10.5 Å². The van der Waals surface area contributed by atoms with Crippen LogP contribution in [0.4, 0.5) is 8.78 Å². The van der Waals surface area contributed by atoms with Gasteiger partial charge in [-0.1, -0.05) is 0 Å². The normalized spacial score (nSPS) is 10.7. The van der Waals surface area contributed by atoms with Crippen LogP contribution in [0.5, 0.6) is 0 Å². The van der Waals surface area contributed by atoms with Crippen LogP contribution in [0.15, 0.2) is 22.7 Å². The molecule has 0 radical (unpaired) electrons. The number of aryl methyl sites for hydroxylation is 1. The molecule has 0 unspecified atom stereocenters. The Hall–Kier alpha value is -1.76. The van der Waals surface area contributed by atoms with Crippen molar-refractivity contribution in [3.05, 3.63) is 40.0 Å². The van der Waals surface area contributed by atoms with Crippen molar-refractivity contribution in [2.24, 2.45) is 7.05 Å². The van der Waals surface area contributed by atoms with Crippen molar-refractivity contribution >= 4 is 21.9 Å². The average Bonchev–Trinajstić information content (AvgIpc) is 2.69. The number of hydrogen-bond acceptors (Lipinski definition) is 2. The third kappa shape index (κ3) is 2.01. The quantitative estimate of drug-likeness (QED) is 0.867. The fourth-order valence-corrected chi connectivity index (χ4v) is 2.07. The van der Waals surface area contributed by atoms with Gasteiger partial charge in [0.15, 0.2) is 17.3 Å². The van der Waals surface area contributed by atoms with E-state index in [1.807, 2.05) is 0 Å². The second kappa shape index (κ2) is 4.49. The molecule has 0 saturated carbocycles. The lowest BCUT2D eigenvalue weighted by Crippen LogP contribution is -1.99. The Morgan fingerprint density at radius 2 is 2.11 bits per heavy atom. The molecule has 0 aliphatic rings. The minimum absolute atomic E-state index is 0.0672. The van der Waals surface area contributed by atoms with E-state index in [9.17, 15) is 13.6 Å². The number of rotatable bonds is 2. The van der Waals surface area contributed by atoms with E-state index in [1.165, 1.54) is 23.9 Å². The van der Waals surface area contributed by atoms with E-state index >= 15 is 0 Å². The summed E-state index contributed by atoms with van der Waals surface area (Å²) in [6.45, 7) is 0. The lowest BCUT2D eigenvalue weighted by Gasteiger charge is -2.06.